The first kappa shape index (κ1) is 16.5. The van der Waals surface area contributed by atoms with Crippen molar-refractivity contribution >= 4 is 27.7 Å². The second kappa shape index (κ2) is 7.39. The average Bonchev–Trinajstić information content (AvgIpc) is 2.47. The van der Waals surface area contributed by atoms with E-state index in [4.69, 9.17) is 5.14 Å². The third kappa shape index (κ3) is 5.47. The number of carbonyl (C=O) groups excluding carboxylic acids is 1. The van der Waals surface area contributed by atoms with Gasteiger partial charge in [0.15, 0.2) is 0 Å². The second-order valence-corrected chi connectivity index (χ2v) is 7.25. The summed E-state index contributed by atoms with van der Waals surface area (Å²) in [5, 5.41) is 8.24. The summed E-state index contributed by atoms with van der Waals surface area (Å²) in [7, 11) is -3.57. The van der Waals surface area contributed by atoms with Crippen molar-refractivity contribution in [2.45, 2.75) is 9.92 Å². The van der Waals surface area contributed by atoms with Crippen LogP contribution in [-0.2, 0) is 10.0 Å². The Kier molecular flexibility index (Phi) is 5.53. The van der Waals surface area contributed by atoms with Crippen molar-refractivity contribution in [1.29, 1.82) is 0 Å². The summed E-state index contributed by atoms with van der Waals surface area (Å²) in [6.45, 7) is -0.0118. The summed E-state index contributed by atoms with van der Waals surface area (Å²) in [5.41, 5.74) is 0.458. The number of sulfonamides is 1. The van der Waals surface area contributed by atoms with Crippen LogP contribution in [0.5, 0.6) is 0 Å². The molecule has 0 aliphatic heterocycles. The van der Waals surface area contributed by atoms with E-state index < -0.39 is 10.0 Å². The highest BCUT2D eigenvalue weighted by molar-refractivity contribution is 7.99. The van der Waals surface area contributed by atoms with Crippen LogP contribution in [0.4, 0.5) is 0 Å². The van der Waals surface area contributed by atoms with Crippen LogP contribution in [0.1, 0.15) is 10.4 Å². The molecular weight excluding hydrogens is 322 g/mol. The molecule has 0 aliphatic rings. The predicted octanol–water partition coefficient (Wildman–Crippen LogP) is 1.25. The summed E-state index contributed by atoms with van der Waals surface area (Å²) in [4.78, 5) is 17.0. The van der Waals surface area contributed by atoms with Gasteiger partial charge in [0, 0.05) is 23.2 Å². The number of hydrogen-bond acceptors (Lipinski definition) is 5. The fourth-order valence-corrected chi connectivity index (χ4v) is 2.77. The maximum atomic E-state index is 11.8. The Labute approximate surface area is 133 Å². The predicted molar refractivity (Wildman–Crippen MR) is 85.1 cm³/mol. The summed E-state index contributed by atoms with van der Waals surface area (Å²) in [6, 6.07) is 12.6. The Balaban J connectivity index is 1.92. The highest BCUT2D eigenvalue weighted by Crippen LogP contribution is 2.25. The lowest BCUT2D eigenvalue weighted by Gasteiger charge is -2.05. The zero-order chi connectivity index (χ0) is 16.0. The van der Waals surface area contributed by atoms with Gasteiger partial charge in [-0.2, -0.15) is 0 Å². The number of aromatic nitrogens is 1. The van der Waals surface area contributed by atoms with Gasteiger partial charge in [0.1, 0.15) is 5.03 Å². The first-order valence-electron chi connectivity index (χ1n) is 6.42. The van der Waals surface area contributed by atoms with Crippen molar-refractivity contribution in [2.24, 2.45) is 5.14 Å². The van der Waals surface area contributed by atoms with E-state index >= 15 is 0 Å². The minimum atomic E-state index is -3.57. The summed E-state index contributed by atoms with van der Waals surface area (Å²) in [6.07, 6.45) is 1.72. The zero-order valence-corrected chi connectivity index (χ0v) is 13.2. The van der Waals surface area contributed by atoms with Gasteiger partial charge in [-0.25, -0.2) is 18.5 Å². The van der Waals surface area contributed by atoms with Crippen LogP contribution in [0, 0.1) is 0 Å². The van der Waals surface area contributed by atoms with Crippen molar-refractivity contribution < 1.29 is 13.2 Å². The van der Waals surface area contributed by atoms with Crippen molar-refractivity contribution in [3.8, 4) is 0 Å². The van der Waals surface area contributed by atoms with E-state index in [0.717, 1.165) is 9.92 Å². The Morgan fingerprint density at radius 1 is 1.18 bits per heavy atom. The molecule has 0 atom stereocenters. The molecule has 0 unspecified atom stereocenters. The molecule has 0 fully saturated rings. The largest absolute Gasteiger partial charge is 0.351 e. The van der Waals surface area contributed by atoms with Gasteiger partial charge in [0.2, 0.25) is 10.0 Å². The van der Waals surface area contributed by atoms with Crippen molar-refractivity contribution in [3.63, 3.8) is 0 Å². The van der Waals surface area contributed by atoms with Crippen LogP contribution in [-0.4, -0.2) is 31.6 Å². The lowest BCUT2D eigenvalue weighted by Crippen LogP contribution is -2.31. The number of amides is 1. The molecule has 116 valence electrons. The van der Waals surface area contributed by atoms with Gasteiger partial charge >= 0.3 is 0 Å². The lowest BCUT2D eigenvalue weighted by atomic mass is 10.2. The molecular formula is C14H15N3O3S2. The van der Waals surface area contributed by atoms with E-state index in [-0.39, 0.29) is 18.2 Å². The molecule has 1 heterocycles. The average molecular weight is 337 g/mol. The summed E-state index contributed by atoms with van der Waals surface area (Å²) in [5.74, 6) is -0.621. The van der Waals surface area contributed by atoms with Gasteiger partial charge in [-0.3, -0.25) is 4.79 Å². The van der Waals surface area contributed by atoms with Gasteiger partial charge in [0.05, 0.1) is 5.75 Å². The standard InChI is InChI=1S/C14H15N3O3S2/c15-22(19,20)10-9-17-14(18)11-4-6-12(7-5-11)21-13-3-1-2-8-16-13/h1-8H,9-10H2,(H,17,18)(H2,15,19,20). The first-order valence-corrected chi connectivity index (χ1v) is 8.95. The fraction of sp³-hybridized carbons (Fsp3) is 0.143. The van der Waals surface area contributed by atoms with Crippen molar-refractivity contribution in [3.05, 3.63) is 54.2 Å². The Hall–Kier alpha value is -1.90. The number of nitrogens with two attached hydrogens (primary N) is 1. The van der Waals surface area contributed by atoms with Crippen LogP contribution in [0.3, 0.4) is 0 Å². The number of nitrogens with zero attached hydrogens (tertiary/aromatic N) is 1. The Morgan fingerprint density at radius 2 is 1.91 bits per heavy atom. The monoisotopic (exact) mass is 337 g/mol. The third-order valence-electron chi connectivity index (χ3n) is 2.65. The number of benzene rings is 1. The van der Waals surface area contributed by atoms with Crippen molar-refractivity contribution in [1.82, 2.24) is 10.3 Å². The first-order chi connectivity index (χ1) is 10.4. The minimum Gasteiger partial charge on any atom is -0.351 e. The van der Waals surface area contributed by atoms with E-state index in [1.807, 2.05) is 30.3 Å². The number of pyridine rings is 1. The normalized spacial score (nSPS) is 11.1. The van der Waals surface area contributed by atoms with E-state index in [1.165, 1.54) is 11.8 Å². The molecule has 3 N–H and O–H groups in total. The SMILES string of the molecule is NS(=O)(=O)CCNC(=O)c1ccc(Sc2ccccn2)cc1. The van der Waals surface area contributed by atoms with Gasteiger partial charge < -0.3 is 5.32 Å². The molecule has 8 heteroatoms. The van der Waals surface area contributed by atoms with Crippen LogP contribution in [0.25, 0.3) is 0 Å². The van der Waals surface area contributed by atoms with Gasteiger partial charge in [-0.05, 0) is 36.4 Å². The molecule has 1 aromatic heterocycles. The van der Waals surface area contributed by atoms with E-state index in [1.54, 1.807) is 18.3 Å². The molecule has 0 saturated carbocycles. The minimum absolute atomic E-state index is 0.0118. The smallest absolute Gasteiger partial charge is 0.251 e. The van der Waals surface area contributed by atoms with Gasteiger partial charge in [-0.15, -0.1) is 0 Å². The number of primary sulfonamides is 1. The van der Waals surface area contributed by atoms with E-state index in [9.17, 15) is 13.2 Å². The summed E-state index contributed by atoms with van der Waals surface area (Å²) >= 11 is 1.49. The van der Waals surface area contributed by atoms with Crippen LogP contribution in [0.2, 0.25) is 0 Å². The molecule has 0 radical (unpaired) electrons. The molecule has 22 heavy (non-hydrogen) atoms. The summed E-state index contributed by atoms with van der Waals surface area (Å²) < 4.78 is 21.6. The number of hydrogen-bond donors (Lipinski definition) is 2. The molecule has 1 amide bonds. The quantitative estimate of drug-likeness (QED) is 0.826. The maximum Gasteiger partial charge on any atom is 0.251 e. The topological polar surface area (TPSA) is 102 Å². The molecule has 0 saturated heterocycles. The second-order valence-electron chi connectivity index (χ2n) is 4.42. The lowest BCUT2D eigenvalue weighted by molar-refractivity contribution is 0.0956. The fourth-order valence-electron chi connectivity index (χ4n) is 1.61. The Morgan fingerprint density at radius 3 is 2.50 bits per heavy atom. The highest BCUT2D eigenvalue weighted by atomic mass is 32.2. The maximum absolute atomic E-state index is 11.8. The molecule has 2 aromatic rings. The van der Waals surface area contributed by atoms with Crippen LogP contribution >= 0.6 is 11.8 Å². The highest BCUT2D eigenvalue weighted by Gasteiger charge is 2.08. The molecule has 6 nitrogen and oxygen atoms in total. The molecule has 0 aliphatic carbocycles. The number of rotatable bonds is 6. The van der Waals surface area contributed by atoms with E-state index in [0.29, 0.717) is 5.56 Å². The molecule has 0 spiro atoms. The molecule has 1 aromatic carbocycles. The molecule has 0 bridgehead atoms. The number of carbonyl (C=O) groups is 1. The van der Waals surface area contributed by atoms with Crippen molar-refractivity contribution in [2.75, 3.05) is 12.3 Å². The Bertz CT molecular complexity index is 732. The molecule has 2 rings (SSSR count). The third-order valence-corrected chi connectivity index (χ3v) is 4.38. The van der Waals surface area contributed by atoms with Crippen LogP contribution in [0.15, 0.2) is 58.6 Å². The van der Waals surface area contributed by atoms with Gasteiger partial charge in [0.25, 0.3) is 5.91 Å². The van der Waals surface area contributed by atoms with E-state index in [2.05, 4.69) is 10.3 Å². The number of nitrogens with one attached hydrogen (secondary N) is 1. The zero-order valence-electron chi connectivity index (χ0n) is 11.6. The van der Waals surface area contributed by atoms with Crippen LogP contribution < -0.4 is 10.5 Å². The van der Waals surface area contributed by atoms with Gasteiger partial charge in [-0.1, -0.05) is 17.8 Å².